The maximum absolute atomic E-state index is 12.0. The van der Waals surface area contributed by atoms with E-state index in [0.29, 0.717) is 24.7 Å². The summed E-state index contributed by atoms with van der Waals surface area (Å²) in [7, 11) is 0. The average molecular weight is 338 g/mol. The minimum atomic E-state index is -0.385. The van der Waals surface area contributed by atoms with Crippen LogP contribution in [0.5, 0.6) is 0 Å². The SMILES string of the molecule is CCOC(=O)N1CC[C@H]2[C@@H](C1)c1cccc(Cl)c1N2CC(N)=O. The first-order valence-electron chi connectivity index (χ1n) is 7.78. The molecule has 7 heteroatoms. The molecular weight excluding hydrogens is 318 g/mol. The number of nitrogens with zero attached hydrogens (tertiary/aromatic N) is 2. The molecule has 0 radical (unpaired) electrons. The lowest BCUT2D eigenvalue weighted by Gasteiger charge is -2.38. The minimum absolute atomic E-state index is 0.112. The third kappa shape index (κ3) is 2.83. The van der Waals surface area contributed by atoms with Crippen LogP contribution in [0.15, 0.2) is 18.2 Å². The molecule has 2 amide bonds. The predicted molar refractivity (Wildman–Crippen MR) is 87.7 cm³/mol. The Labute approximate surface area is 140 Å². The number of piperidine rings is 1. The first kappa shape index (κ1) is 15.9. The number of halogens is 1. The van der Waals surface area contributed by atoms with Crippen LogP contribution in [0.4, 0.5) is 10.5 Å². The average Bonchev–Trinajstić information content (AvgIpc) is 2.82. The van der Waals surface area contributed by atoms with Gasteiger partial charge in [-0.05, 0) is 25.0 Å². The highest BCUT2D eigenvalue weighted by Crippen LogP contribution is 2.47. The molecule has 1 fully saturated rings. The number of likely N-dealkylation sites (tertiary alicyclic amines) is 1. The van der Waals surface area contributed by atoms with Crippen LogP contribution in [0.1, 0.15) is 24.8 Å². The molecule has 6 nitrogen and oxygen atoms in total. The normalized spacial score (nSPS) is 22.5. The number of amides is 2. The molecule has 0 bridgehead atoms. The molecule has 0 aliphatic carbocycles. The maximum atomic E-state index is 12.0. The number of ether oxygens (including phenoxy) is 1. The Hall–Kier alpha value is -1.95. The molecule has 23 heavy (non-hydrogen) atoms. The molecule has 1 aromatic rings. The van der Waals surface area contributed by atoms with Gasteiger partial charge < -0.3 is 20.3 Å². The fraction of sp³-hybridized carbons (Fsp3) is 0.500. The number of carbonyl (C=O) groups excluding carboxylic acids is 2. The van der Waals surface area contributed by atoms with E-state index in [2.05, 4.69) is 0 Å². The van der Waals surface area contributed by atoms with Crippen LogP contribution in [0, 0.1) is 0 Å². The van der Waals surface area contributed by atoms with Crippen LogP contribution in [0.25, 0.3) is 0 Å². The lowest BCUT2D eigenvalue weighted by molar-refractivity contribution is -0.116. The first-order valence-corrected chi connectivity index (χ1v) is 8.15. The highest BCUT2D eigenvalue weighted by Gasteiger charge is 2.44. The topological polar surface area (TPSA) is 75.9 Å². The number of para-hydroxylation sites is 1. The molecule has 0 spiro atoms. The molecule has 1 saturated heterocycles. The summed E-state index contributed by atoms with van der Waals surface area (Å²) in [6, 6.07) is 5.85. The zero-order chi connectivity index (χ0) is 16.6. The number of benzene rings is 1. The number of hydrogen-bond acceptors (Lipinski definition) is 4. The summed E-state index contributed by atoms with van der Waals surface area (Å²) in [6.07, 6.45) is 0.463. The van der Waals surface area contributed by atoms with Gasteiger partial charge in [-0.1, -0.05) is 23.7 Å². The van der Waals surface area contributed by atoms with Gasteiger partial charge >= 0.3 is 6.09 Å². The highest BCUT2D eigenvalue weighted by molar-refractivity contribution is 6.33. The van der Waals surface area contributed by atoms with Gasteiger partial charge in [-0.15, -0.1) is 0 Å². The quantitative estimate of drug-likeness (QED) is 0.914. The van der Waals surface area contributed by atoms with Crippen LogP contribution >= 0.6 is 11.6 Å². The predicted octanol–water partition coefficient (Wildman–Crippen LogP) is 1.96. The van der Waals surface area contributed by atoms with Gasteiger partial charge in [0.15, 0.2) is 0 Å². The summed E-state index contributed by atoms with van der Waals surface area (Å²) < 4.78 is 5.11. The van der Waals surface area contributed by atoms with E-state index < -0.39 is 0 Å². The molecule has 1 aromatic carbocycles. The van der Waals surface area contributed by atoms with Crippen molar-refractivity contribution in [2.45, 2.75) is 25.3 Å². The summed E-state index contributed by atoms with van der Waals surface area (Å²) in [4.78, 5) is 27.2. The van der Waals surface area contributed by atoms with Crippen molar-refractivity contribution >= 4 is 29.3 Å². The van der Waals surface area contributed by atoms with Gasteiger partial charge in [0.25, 0.3) is 0 Å². The second-order valence-electron chi connectivity index (χ2n) is 5.88. The fourth-order valence-corrected chi connectivity index (χ4v) is 3.95. The highest BCUT2D eigenvalue weighted by atomic mass is 35.5. The molecule has 3 rings (SSSR count). The summed E-state index contributed by atoms with van der Waals surface area (Å²) in [6.45, 7) is 3.45. The summed E-state index contributed by atoms with van der Waals surface area (Å²) in [5, 5.41) is 0.612. The zero-order valence-corrected chi connectivity index (χ0v) is 13.8. The Morgan fingerprint density at radius 1 is 1.43 bits per heavy atom. The van der Waals surface area contributed by atoms with Crippen molar-refractivity contribution in [3.05, 3.63) is 28.8 Å². The molecule has 2 aliphatic rings. The van der Waals surface area contributed by atoms with Gasteiger partial charge in [0.05, 0.1) is 23.9 Å². The lowest BCUT2D eigenvalue weighted by atomic mass is 9.89. The van der Waals surface area contributed by atoms with Gasteiger partial charge in [-0.25, -0.2) is 4.79 Å². The lowest BCUT2D eigenvalue weighted by Crippen LogP contribution is -2.50. The molecular formula is C16H20ClN3O3. The second kappa shape index (κ2) is 6.28. The first-order chi connectivity index (χ1) is 11.0. The van der Waals surface area contributed by atoms with E-state index in [1.165, 1.54) is 0 Å². The number of rotatable bonds is 3. The van der Waals surface area contributed by atoms with E-state index >= 15 is 0 Å². The van der Waals surface area contributed by atoms with Crippen molar-refractivity contribution in [2.75, 3.05) is 31.1 Å². The van der Waals surface area contributed by atoms with Crippen molar-refractivity contribution in [2.24, 2.45) is 5.73 Å². The molecule has 2 N–H and O–H groups in total. The molecule has 124 valence electrons. The molecule has 2 atom stereocenters. The smallest absolute Gasteiger partial charge is 0.409 e. The van der Waals surface area contributed by atoms with Crippen molar-refractivity contribution in [1.29, 1.82) is 0 Å². The van der Waals surface area contributed by atoms with Gasteiger partial charge in [0, 0.05) is 25.0 Å². The number of nitrogens with two attached hydrogens (primary N) is 1. The van der Waals surface area contributed by atoms with Crippen LogP contribution in [0.2, 0.25) is 5.02 Å². The number of hydrogen-bond donors (Lipinski definition) is 1. The molecule has 0 unspecified atom stereocenters. The Bertz CT molecular complexity index is 637. The second-order valence-corrected chi connectivity index (χ2v) is 6.29. The van der Waals surface area contributed by atoms with E-state index in [9.17, 15) is 9.59 Å². The van der Waals surface area contributed by atoms with Crippen LogP contribution in [-0.4, -0.2) is 49.2 Å². The number of carbonyl (C=O) groups is 2. The van der Waals surface area contributed by atoms with Crippen molar-refractivity contribution in [3.63, 3.8) is 0 Å². The van der Waals surface area contributed by atoms with Gasteiger partial charge in [0.2, 0.25) is 5.91 Å². The zero-order valence-electron chi connectivity index (χ0n) is 13.0. The number of primary amides is 1. The van der Waals surface area contributed by atoms with E-state index in [0.717, 1.165) is 17.7 Å². The summed E-state index contributed by atoms with van der Waals surface area (Å²) >= 11 is 6.36. The van der Waals surface area contributed by atoms with Gasteiger partial charge in [0.1, 0.15) is 0 Å². The van der Waals surface area contributed by atoms with Crippen LogP contribution in [0.3, 0.4) is 0 Å². The van der Waals surface area contributed by atoms with Crippen molar-refractivity contribution < 1.29 is 14.3 Å². The fourth-order valence-electron chi connectivity index (χ4n) is 3.66. The Morgan fingerprint density at radius 3 is 2.91 bits per heavy atom. The Morgan fingerprint density at radius 2 is 2.22 bits per heavy atom. The Balaban J connectivity index is 1.91. The summed E-state index contributed by atoms with van der Waals surface area (Å²) in [5.41, 5.74) is 7.34. The van der Waals surface area contributed by atoms with E-state index in [-0.39, 0.29) is 30.5 Å². The monoisotopic (exact) mass is 337 g/mol. The third-order valence-electron chi connectivity index (χ3n) is 4.53. The number of fused-ring (bicyclic) bond motifs is 3. The summed E-state index contributed by atoms with van der Waals surface area (Å²) in [5.74, 6) is -0.273. The third-order valence-corrected chi connectivity index (χ3v) is 4.84. The molecule has 0 aromatic heterocycles. The van der Waals surface area contributed by atoms with E-state index in [1.54, 1.807) is 11.8 Å². The van der Waals surface area contributed by atoms with Gasteiger partial charge in [-0.2, -0.15) is 0 Å². The van der Waals surface area contributed by atoms with E-state index in [1.807, 2.05) is 23.1 Å². The van der Waals surface area contributed by atoms with Crippen LogP contribution in [-0.2, 0) is 9.53 Å². The van der Waals surface area contributed by atoms with Crippen molar-refractivity contribution in [3.8, 4) is 0 Å². The van der Waals surface area contributed by atoms with Crippen LogP contribution < -0.4 is 10.6 Å². The molecule has 0 saturated carbocycles. The molecule has 2 heterocycles. The minimum Gasteiger partial charge on any atom is -0.450 e. The molecule has 2 aliphatic heterocycles. The number of anilines is 1. The van der Waals surface area contributed by atoms with Gasteiger partial charge in [-0.3, -0.25) is 4.79 Å². The largest absolute Gasteiger partial charge is 0.450 e. The Kier molecular flexibility index (Phi) is 4.35. The standard InChI is InChI=1S/C16H20ClN3O3/c1-2-23-16(22)19-7-6-13-11(8-19)10-4-3-5-12(17)15(10)20(13)9-14(18)21/h3-5,11,13H,2,6-9H2,1H3,(H2,18,21)/t11-,13-/m0/s1. The maximum Gasteiger partial charge on any atom is 0.409 e. The van der Waals surface area contributed by atoms with Crippen molar-refractivity contribution in [1.82, 2.24) is 4.90 Å². The van der Waals surface area contributed by atoms with E-state index in [4.69, 9.17) is 22.1 Å².